The molecular formula is C14H14ClNO2S. The number of nitrogens with one attached hydrogen (secondary N) is 1. The molecule has 1 aromatic heterocycles. The van der Waals surface area contributed by atoms with Gasteiger partial charge in [-0.2, -0.15) is 0 Å². The molecule has 0 spiro atoms. The molecule has 1 aromatic carbocycles. The standard InChI is InChI=1S/C14H14ClNO2S/c1-14(18,12-6-3-7-19-12)9-16-13(17)10-4-2-5-11(15)8-10/h2-8,18H,9H2,1H3,(H,16,17). The third-order valence-electron chi connectivity index (χ3n) is 2.73. The molecule has 19 heavy (non-hydrogen) atoms. The van der Waals surface area contributed by atoms with Gasteiger partial charge in [0.05, 0.1) is 6.54 Å². The van der Waals surface area contributed by atoms with E-state index in [1.807, 2.05) is 17.5 Å². The monoisotopic (exact) mass is 295 g/mol. The molecule has 2 aromatic rings. The summed E-state index contributed by atoms with van der Waals surface area (Å²) in [4.78, 5) is 12.8. The summed E-state index contributed by atoms with van der Waals surface area (Å²) in [5.74, 6) is -0.251. The molecule has 2 N–H and O–H groups in total. The molecule has 0 fully saturated rings. The Hall–Kier alpha value is -1.36. The predicted octanol–water partition coefficient (Wildman–Crippen LogP) is 3.04. The van der Waals surface area contributed by atoms with Crippen LogP contribution in [0.15, 0.2) is 41.8 Å². The van der Waals surface area contributed by atoms with Crippen molar-refractivity contribution < 1.29 is 9.90 Å². The molecular weight excluding hydrogens is 282 g/mol. The molecule has 1 atom stereocenters. The lowest BCUT2D eigenvalue weighted by Crippen LogP contribution is -2.38. The predicted molar refractivity (Wildman–Crippen MR) is 77.7 cm³/mol. The summed E-state index contributed by atoms with van der Waals surface area (Å²) in [6.07, 6.45) is 0. The molecule has 0 aliphatic rings. The number of aliphatic hydroxyl groups is 1. The number of thiophene rings is 1. The van der Waals surface area contributed by atoms with Crippen molar-refractivity contribution in [2.24, 2.45) is 0 Å². The summed E-state index contributed by atoms with van der Waals surface area (Å²) in [6.45, 7) is 1.83. The van der Waals surface area contributed by atoms with E-state index in [2.05, 4.69) is 5.32 Å². The molecule has 0 saturated heterocycles. The Morgan fingerprint density at radius 1 is 1.42 bits per heavy atom. The molecule has 0 aliphatic heterocycles. The van der Waals surface area contributed by atoms with Crippen LogP contribution in [-0.4, -0.2) is 17.6 Å². The van der Waals surface area contributed by atoms with Crippen molar-refractivity contribution in [3.8, 4) is 0 Å². The van der Waals surface area contributed by atoms with Crippen LogP contribution in [0.25, 0.3) is 0 Å². The van der Waals surface area contributed by atoms with Gasteiger partial charge < -0.3 is 10.4 Å². The molecule has 0 bridgehead atoms. The maximum absolute atomic E-state index is 11.9. The highest BCUT2D eigenvalue weighted by Crippen LogP contribution is 2.24. The second-order valence-corrected chi connectivity index (χ2v) is 5.83. The zero-order chi connectivity index (χ0) is 13.9. The van der Waals surface area contributed by atoms with Crippen LogP contribution in [0.5, 0.6) is 0 Å². The van der Waals surface area contributed by atoms with Crippen molar-refractivity contribution in [2.75, 3.05) is 6.54 Å². The Labute approximate surface area is 120 Å². The highest BCUT2D eigenvalue weighted by Gasteiger charge is 2.25. The van der Waals surface area contributed by atoms with Crippen molar-refractivity contribution in [3.05, 3.63) is 57.2 Å². The molecule has 5 heteroatoms. The van der Waals surface area contributed by atoms with Crippen LogP contribution < -0.4 is 5.32 Å². The minimum Gasteiger partial charge on any atom is -0.383 e. The number of carbonyl (C=O) groups is 1. The number of amides is 1. The van der Waals surface area contributed by atoms with Crippen LogP contribution in [0.3, 0.4) is 0 Å². The van der Waals surface area contributed by atoms with E-state index >= 15 is 0 Å². The SMILES string of the molecule is CC(O)(CNC(=O)c1cccc(Cl)c1)c1cccs1. The molecule has 0 aliphatic carbocycles. The largest absolute Gasteiger partial charge is 0.383 e. The van der Waals surface area contributed by atoms with E-state index in [0.29, 0.717) is 10.6 Å². The Kier molecular flexibility index (Phi) is 4.24. The van der Waals surface area contributed by atoms with Gasteiger partial charge in [-0.1, -0.05) is 23.7 Å². The minimum atomic E-state index is -1.07. The van der Waals surface area contributed by atoms with Gasteiger partial charge in [0.2, 0.25) is 0 Å². The summed E-state index contributed by atoms with van der Waals surface area (Å²) < 4.78 is 0. The van der Waals surface area contributed by atoms with Crippen LogP contribution in [-0.2, 0) is 5.60 Å². The second kappa shape index (κ2) is 5.74. The second-order valence-electron chi connectivity index (χ2n) is 4.44. The van der Waals surface area contributed by atoms with E-state index in [-0.39, 0.29) is 12.5 Å². The van der Waals surface area contributed by atoms with E-state index in [9.17, 15) is 9.90 Å². The number of rotatable bonds is 4. The van der Waals surface area contributed by atoms with Gasteiger partial charge in [0.15, 0.2) is 0 Å². The first-order chi connectivity index (χ1) is 8.99. The molecule has 3 nitrogen and oxygen atoms in total. The summed E-state index contributed by atoms with van der Waals surface area (Å²) in [7, 11) is 0. The summed E-state index contributed by atoms with van der Waals surface area (Å²) in [5.41, 5.74) is -0.586. The summed E-state index contributed by atoms with van der Waals surface area (Å²) in [5, 5.41) is 15.4. The molecule has 100 valence electrons. The van der Waals surface area contributed by atoms with Gasteiger partial charge in [0.25, 0.3) is 5.91 Å². The quantitative estimate of drug-likeness (QED) is 0.911. The van der Waals surface area contributed by atoms with Crippen molar-refractivity contribution in [2.45, 2.75) is 12.5 Å². The van der Waals surface area contributed by atoms with E-state index in [1.165, 1.54) is 11.3 Å². The number of benzene rings is 1. The summed E-state index contributed by atoms with van der Waals surface area (Å²) >= 11 is 7.29. The first-order valence-electron chi connectivity index (χ1n) is 5.79. The first-order valence-corrected chi connectivity index (χ1v) is 7.05. The Morgan fingerprint density at radius 2 is 2.21 bits per heavy atom. The normalized spacial score (nSPS) is 13.8. The van der Waals surface area contributed by atoms with Crippen LogP contribution in [0, 0.1) is 0 Å². The fourth-order valence-electron chi connectivity index (χ4n) is 1.66. The fraction of sp³-hybridized carbons (Fsp3) is 0.214. The lowest BCUT2D eigenvalue weighted by molar-refractivity contribution is 0.0557. The van der Waals surface area contributed by atoms with Crippen LogP contribution >= 0.6 is 22.9 Å². The maximum atomic E-state index is 11.9. The molecule has 1 heterocycles. The number of halogens is 1. The van der Waals surface area contributed by atoms with Gasteiger partial charge in [-0.3, -0.25) is 4.79 Å². The van der Waals surface area contributed by atoms with Gasteiger partial charge in [-0.15, -0.1) is 11.3 Å². The average Bonchev–Trinajstić information content (AvgIpc) is 2.90. The van der Waals surface area contributed by atoms with Crippen molar-refractivity contribution in [1.82, 2.24) is 5.32 Å². The third kappa shape index (κ3) is 3.56. The third-order valence-corrected chi connectivity index (χ3v) is 4.09. The lowest BCUT2D eigenvalue weighted by atomic mass is 10.1. The first kappa shape index (κ1) is 14.1. The molecule has 0 saturated carbocycles. The van der Waals surface area contributed by atoms with Crippen LogP contribution in [0.4, 0.5) is 0 Å². The minimum absolute atomic E-state index is 0.152. The van der Waals surface area contributed by atoms with Crippen molar-refractivity contribution in [1.29, 1.82) is 0 Å². The number of carbonyl (C=O) groups excluding carboxylic acids is 1. The Balaban J connectivity index is 2.01. The van der Waals surface area contributed by atoms with Crippen LogP contribution in [0.1, 0.15) is 22.2 Å². The number of hydrogen-bond donors (Lipinski definition) is 2. The van der Waals surface area contributed by atoms with Gasteiger partial charge in [-0.25, -0.2) is 0 Å². The maximum Gasteiger partial charge on any atom is 0.251 e. The smallest absolute Gasteiger partial charge is 0.251 e. The highest BCUT2D eigenvalue weighted by molar-refractivity contribution is 7.10. The van der Waals surface area contributed by atoms with Gasteiger partial charge in [0, 0.05) is 15.5 Å². The topological polar surface area (TPSA) is 49.3 Å². The zero-order valence-electron chi connectivity index (χ0n) is 10.4. The summed E-state index contributed by atoms with van der Waals surface area (Å²) in [6, 6.07) is 10.4. The van der Waals surface area contributed by atoms with Gasteiger partial charge in [0.1, 0.15) is 5.60 Å². The molecule has 1 amide bonds. The van der Waals surface area contributed by atoms with Crippen LogP contribution in [0.2, 0.25) is 5.02 Å². The highest BCUT2D eigenvalue weighted by atomic mass is 35.5. The van der Waals surface area contributed by atoms with E-state index in [1.54, 1.807) is 31.2 Å². The lowest BCUT2D eigenvalue weighted by Gasteiger charge is -2.22. The molecule has 2 rings (SSSR count). The van der Waals surface area contributed by atoms with Gasteiger partial charge >= 0.3 is 0 Å². The average molecular weight is 296 g/mol. The Morgan fingerprint density at radius 3 is 2.84 bits per heavy atom. The Bertz CT molecular complexity index is 567. The zero-order valence-corrected chi connectivity index (χ0v) is 12.0. The van der Waals surface area contributed by atoms with E-state index < -0.39 is 5.60 Å². The van der Waals surface area contributed by atoms with Crippen molar-refractivity contribution >= 4 is 28.8 Å². The van der Waals surface area contributed by atoms with E-state index in [4.69, 9.17) is 11.6 Å². The fourth-order valence-corrected chi connectivity index (χ4v) is 2.63. The van der Waals surface area contributed by atoms with Gasteiger partial charge in [-0.05, 0) is 36.6 Å². The molecule has 1 unspecified atom stereocenters. The number of hydrogen-bond acceptors (Lipinski definition) is 3. The van der Waals surface area contributed by atoms with E-state index in [0.717, 1.165) is 4.88 Å². The molecule has 0 radical (unpaired) electrons. The van der Waals surface area contributed by atoms with Crippen molar-refractivity contribution in [3.63, 3.8) is 0 Å².